The van der Waals surface area contributed by atoms with E-state index in [-0.39, 0.29) is 11.4 Å². The van der Waals surface area contributed by atoms with E-state index in [2.05, 4.69) is 20.0 Å². The fourth-order valence-corrected chi connectivity index (χ4v) is 2.61. The minimum atomic E-state index is -3.52. The first-order valence-corrected chi connectivity index (χ1v) is 6.87. The van der Waals surface area contributed by atoms with Crippen molar-refractivity contribution in [2.24, 2.45) is 7.05 Å². The summed E-state index contributed by atoms with van der Waals surface area (Å²) < 4.78 is 28.1. The lowest BCUT2D eigenvalue weighted by atomic mass is 10.2. The number of sulfonamides is 1. The van der Waals surface area contributed by atoms with Crippen LogP contribution in [0.3, 0.4) is 0 Å². The third-order valence-electron chi connectivity index (χ3n) is 2.88. The molecule has 18 heavy (non-hydrogen) atoms. The standard InChI is InChI=1S/C10H15N5O2S/c1-7-10(8(2)15(3)14-7)6-13-18(16,17)9-4-11-12-5-9/h4-5,13H,6H2,1-3H3,(H,11,12). The number of aryl methyl sites for hydroxylation is 2. The first kappa shape index (κ1) is 12.8. The van der Waals surface area contributed by atoms with Crippen molar-refractivity contribution < 1.29 is 8.42 Å². The van der Waals surface area contributed by atoms with Gasteiger partial charge in [0.2, 0.25) is 10.0 Å². The molecule has 0 amide bonds. The highest BCUT2D eigenvalue weighted by Crippen LogP contribution is 2.13. The zero-order valence-electron chi connectivity index (χ0n) is 10.4. The summed E-state index contributed by atoms with van der Waals surface area (Å²) in [6.45, 7) is 3.98. The molecule has 0 bridgehead atoms. The highest BCUT2D eigenvalue weighted by Gasteiger charge is 2.17. The predicted octanol–water partition coefficient (Wildman–Crippen LogP) is 0.239. The molecule has 0 saturated carbocycles. The zero-order chi connectivity index (χ0) is 13.3. The van der Waals surface area contributed by atoms with Gasteiger partial charge in [-0.2, -0.15) is 10.2 Å². The molecule has 0 spiro atoms. The monoisotopic (exact) mass is 269 g/mol. The molecule has 2 aromatic heterocycles. The average Bonchev–Trinajstić information content (AvgIpc) is 2.88. The summed E-state index contributed by atoms with van der Waals surface area (Å²) in [5.74, 6) is 0. The molecule has 0 radical (unpaired) electrons. The second-order valence-electron chi connectivity index (χ2n) is 4.03. The maximum Gasteiger partial charge on any atom is 0.243 e. The van der Waals surface area contributed by atoms with Crippen LogP contribution < -0.4 is 4.72 Å². The van der Waals surface area contributed by atoms with Crippen LogP contribution in [0.2, 0.25) is 0 Å². The molecule has 0 aliphatic heterocycles. The summed E-state index contributed by atoms with van der Waals surface area (Å²) >= 11 is 0. The van der Waals surface area contributed by atoms with Gasteiger partial charge in [0.05, 0.1) is 11.9 Å². The van der Waals surface area contributed by atoms with Gasteiger partial charge in [-0.3, -0.25) is 9.78 Å². The molecule has 0 saturated heterocycles. The first-order valence-electron chi connectivity index (χ1n) is 5.39. The Bertz CT molecular complexity index is 642. The SMILES string of the molecule is Cc1nn(C)c(C)c1CNS(=O)(=O)c1cn[nH]c1. The van der Waals surface area contributed by atoms with E-state index < -0.39 is 10.0 Å². The maximum atomic E-state index is 11.9. The second kappa shape index (κ2) is 4.54. The Balaban J connectivity index is 2.18. The number of H-pyrrole nitrogens is 1. The van der Waals surface area contributed by atoms with Crippen LogP contribution in [-0.4, -0.2) is 28.4 Å². The van der Waals surface area contributed by atoms with Crippen LogP contribution in [0, 0.1) is 13.8 Å². The van der Waals surface area contributed by atoms with Gasteiger partial charge in [-0.1, -0.05) is 0 Å². The Morgan fingerprint density at radius 2 is 2.17 bits per heavy atom. The molecule has 7 nitrogen and oxygen atoms in total. The summed E-state index contributed by atoms with van der Waals surface area (Å²) in [7, 11) is -1.69. The van der Waals surface area contributed by atoms with Crippen molar-refractivity contribution >= 4 is 10.0 Å². The van der Waals surface area contributed by atoms with Crippen LogP contribution in [-0.2, 0) is 23.6 Å². The minimum absolute atomic E-state index is 0.127. The number of hydrogen-bond acceptors (Lipinski definition) is 4. The Kier molecular flexibility index (Phi) is 3.22. The van der Waals surface area contributed by atoms with Crippen LogP contribution >= 0.6 is 0 Å². The van der Waals surface area contributed by atoms with Gasteiger partial charge in [0.25, 0.3) is 0 Å². The topological polar surface area (TPSA) is 92.7 Å². The Labute approximate surface area is 105 Å². The van der Waals surface area contributed by atoms with Crippen molar-refractivity contribution in [3.05, 3.63) is 29.3 Å². The molecular formula is C10H15N5O2S. The number of aromatic amines is 1. The predicted molar refractivity (Wildman–Crippen MR) is 65.3 cm³/mol. The van der Waals surface area contributed by atoms with Gasteiger partial charge in [-0.15, -0.1) is 0 Å². The lowest BCUT2D eigenvalue weighted by Gasteiger charge is -2.05. The maximum absolute atomic E-state index is 11.9. The summed E-state index contributed by atoms with van der Waals surface area (Å²) in [5, 5.41) is 10.3. The van der Waals surface area contributed by atoms with Gasteiger partial charge >= 0.3 is 0 Å². The van der Waals surface area contributed by atoms with Crippen molar-refractivity contribution in [2.45, 2.75) is 25.3 Å². The summed E-state index contributed by atoms with van der Waals surface area (Å²) in [6.07, 6.45) is 2.61. The molecule has 0 aliphatic carbocycles. The van der Waals surface area contributed by atoms with E-state index in [9.17, 15) is 8.42 Å². The van der Waals surface area contributed by atoms with Crippen LogP contribution in [0.4, 0.5) is 0 Å². The molecule has 98 valence electrons. The minimum Gasteiger partial charge on any atom is -0.284 e. The molecule has 0 aliphatic rings. The van der Waals surface area contributed by atoms with Gasteiger partial charge in [0, 0.05) is 31.0 Å². The molecule has 2 aromatic rings. The van der Waals surface area contributed by atoms with Gasteiger partial charge in [0.1, 0.15) is 4.90 Å². The molecule has 8 heteroatoms. The second-order valence-corrected chi connectivity index (χ2v) is 5.80. The van der Waals surface area contributed by atoms with E-state index in [0.29, 0.717) is 0 Å². The van der Waals surface area contributed by atoms with E-state index in [1.165, 1.54) is 12.4 Å². The highest BCUT2D eigenvalue weighted by molar-refractivity contribution is 7.89. The number of nitrogens with zero attached hydrogens (tertiary/aromatic N) is 3. The third-order valence-corrected chi connectivity index (χ3v) is 4.25. The average molecular weight is 269 g/mol. The molecule has 2 N–H and O–H groups in total. The number of hydrogen-bond donors (Lipinski definition) is 2. The molecule has 0 fully saturated rings. The van der Waals surface area contributed by atoms with Crippen LogP contribution in [0.15, 0.2) is 17.3 Å². The van der Waals surface area contributed by atoms with E-state index >= 15 is 0 Å². The van der Waals surface area contributed by atoms with Gasteiger partial charge < -0.3 is 0 Å². The first-order chi connectivity index (χ1) is 8.42. The van der Waals surface area contributed by atoms with Gasteiger partial charge in [0.15, 0.2) is 0 Å². The van der Waals surface area contributed by atoms with E-state index in [1.54, 1.807) is 4.68 Å². The van der Waals surface area contributed by atoms with E-state index in [1.807, 2.05) is 20.9 Å². The fourth-order valence-electron chi connectivity index (χ4n) is 1.71. The van der Waals surface area contributed by atoms with Crippen LogP contribution in [0.5, 0.6) is 0 Å². The quantitative estimate of drug-likeness (QED) is 0.831. The summed E-state index contributed by atoms with van der Waals surface area (Å²) in [5.41, 5.74) is 2.66. The number of nitrogens with one attached hydrogen (secondary N) is 2. The van der Waals surface area contributed by atoms with Crippen LogP contribution in [0.25, 0.3) is 0 Å². The molecular weight excluding hydrogens is 254 g/mol. The number of aromatic nitrogens is 4. The summed E-state index contributed by atoms with van der Waals surface area (Å²) in [6, 6.07) is 0. The molecule has 0 unspecified atom stereocenters. The Hall–Kier alpha value is -1.67. The molecule has 2 heterocycles. The van der Waals surface area contributed by atoms with Gasteiger partial charge in [-0.05, 0) is 13.8 Å². The lowest BCUT2D eigenvalue weighted by Crippen LogP contribution is -2.23. The number of rotatable bonds is 4. The largest absolute Gasteiger partial charge is 0.284 e. The van der Waals surface area contributed by atoms with Crippen molar-refractivity contribution in [3.63, 3.8) is 0 Å². The normalized spacial score (nSPS) is 11.9. The Morgan fingerprint density at radius 3 is 2.67 bits per heavy atom. The zero-order valence-corrected chi connectivity index (χ0v) is 11.2. The lowest BCUT2D eigenvalue weighted by molar-refractivity contribution is 0.581. The van der Waals surface area contributed by atoms with E-state index in [4.69, 9.17) is 0 Å². The van der Waals surface area contributed by atoms with Crippen molar-refractivity contribution in [1.29, 1.82) is 0 Å². The third kappa shape index (κ3) is 2.29. The van der Waals surface area contributed by atoms with E-state index in [0.717, 1.165) is 17.0 Å². The fraction of sp³-hybridized carbons (Fsp3) is 0.400. The summed E-state index contributed by atoms with van der Waals surface area (Å²) in [4.78, 5) is 0.127. The Morgan fingerprint density at radius 1 is 1.44 bits per heavy atom. The van der Waals surface area contributed by atoms with Gasteiger partial charge in [-0.25, -0.2) is 13.1 Å². The van der Waals surface area contributed by atoms with Crippen molar-refractivity contribution in [1.82, 2.24) is 24.7 Å². The van der Waals surface area contributed by atoms with Crippen LogP contribution in [0.1, 0.15) is 17.0 Å². The molecule has 0 aromatic carbocycles. The molecule has 0 atom stereocenters. The smallest absolute Gasteiger partial charge is 0.243 e. The highest BCUT2D eigenvalue weighted by atomic mass is 32.2. The van der Waals surface area contributed by atoms with Crippen molar-refractivity contribution in [2.75, 3.05) is 0 Å². The molecule has 2 rings (SSSR count). The van der Waals surface area contributed by atoms with Crippen molar-refractivity contribution in [3.8, 4) is 0 Å².